The summed E-state index contributed by atoms with van der Waals surface area (Å²) in [5.41, 5.74) is 2.06. The van der Waals surface area contributed by atoms with Crippen LogP contribution in [0.1, 0.15) is 10.6 Å². The number of carbonyl (C=O) groups is 1. The van der Waals surface area contributed by atoms with Gasteiger partial charge in [0.2, 0.25) is 5.82 Å². The van der Waals surface area contributed by atoms with E-state index in [0.29, 0.717) is 22.2 Å². The lowest BCUT2D eigenvalue weighted by Gasteiger charge is -2.06. The Bertz CT molecular complexity index is 1060. The second-order valence-electron chi connectivity index (χ2n) is 5.14. The zero-order valence-corrected chi connectivity index (χ0v) is 13.6. The van der Waals surface area contributed by atoms with Crippen LogP contribution in [0, 0.1) is 0 Å². The van der Waals surface area contributed by atoms with E-state index in [1.807, 2.05) is 24.3 Å². The standard InChI is InChI=1S/C17H11ClN6O/c18-12-5-2-1-4-11(12)13-6-7-14-21-10-15(24(14)23-13)22-17(25)16-19-8-3-9-20-16/h1-10H,(H,22,25). The zero-order chi connectivity index (χ0) is 17.2. The summed E-state index contributed by atoms with van der Waals surface area (Å²) in [6.07, 6.45) is 4.54. The predicted molar refractivity (Wildman–Crippen MR) is 93.4 cm³/mol. The second-order valence-corrected chi connectivity index (χ2v) is 5.55. The van der Waals surface area contributed by atoms with Crippen molar-refractivity contribution in [1.29, 1.82) is 0 Å². The maximum Gasteiger partial charge on any atom is 0.294 e. The molecule has 0 fully saturated rings. The van der Waals surface area contributed by atoms with Gasteiger partial charge >= 0.3 is 0 Å². The van der Waals surface area contributed by atoms with E-state index in [1.165, 1.54) is 18.6 Å². The summed E-state index contributed by atoms with van der Waals surface area (Å²) in [6, 6.07) is 12.7. The topological polar surface area (TPSA) is 85.1 Å². The molecular weight excluding hydrogens is 340 g/mol. The molecule has 25 heavy (non-hydrogen) atoms. The first-order chi connectivity index (χ1) is 12.2. The van der Waals surface area contributed by atoms with E-state index in [1.54, 1.807) is 22.7 Å². The van der Waals surface area contributed by atoms with Gasteiger partial charge in [0.05, 0.1) is 16.9 Å². The summed E-state index contributed by atoms with van der Waals surface area (Å²) in [7, 11) is 0. The quantitative estimate of drug-likeness (QED) is 0.613. The van der Waals surface area contributed by atoms with Crippen LogP contribution in [-0.4, -0.2) is 30.5 Å². The van der Waals surface area contributed by atoms with Crippen molar-refractivity contribution in [2.45, 2.75) is 0 Å². The summed E-state index contributed by atoms with van der Waals surface area (Å²) in [4.78, 5) is 24.3. The molecule has 7 nitrogen and oxygen atoms in total. The van der Waals surface area contributed by atoms with Gasteiger partial charge in [0, 0.05) is 18.0 Å². The first kappa shape index (κ1) is 15.2. The number of nitrogens with zero attached hydrogens (tertiary/aromatic N) is 5. The number of imidazole rings is 1. The molecule has 122 valence electrons. The predicted octanol–water partition coefficient (Wildman–Crippen LogP) is 3.09. The largest absolute Gasteiger partial charge is 0.302 e. The molecule has 0 aliphatic rings. The Morgan fingerprint density at radius 3 is 2.60 bits per heavy atom. The maximum absolute atomic E-state index is 12.2. The fourth-order valence-corrected chi connectivity index (χ4v) is 2.59. The van der Waals surface area contributed by atoms with E-state index < -0.39 is 5.91 Å². The van der Waals surface area contributed by atoms with Crippen LogP contribution < -0.4 is 5.32 Å². The van der Waals surface area contributed by atoms with Crippen molar-refractivity contribution in [3.63, 3.8) is 0 Å². The van der Waals surface area contributed by atoms with E-state index in [-0.39, 0.29) is 5.82 Å². The summed E-state index contributed by atoms with van der Waals surface area (Å²) in [6.45, 7) is 0. The number of benzene rings is 1. The number of carbonyl (C=O) groups excluding carboxylic acids is 1. The molecule has 1 amide bonds. The fraction of sp³-hybridized carbons (Fsp3) is 0. The van der Waals surface area contributed by atoms with Crippen molar-refractivity contribution in [3.05, 3.63) is 71.9 Å². The summed E-state index contributed by atoms with van der Waals surface area (Å²) in [5.74, 6) is 0.0495. The molecule has 0 aliphatic carbocycles. The van der Waals surface area contributed by atoms with E-state index in [2.05, 4.69) is 25.4 Å². The summed E-state index contributed by atoms with van der Waals surface area (Å²) < 4.78 is 1.54. The molecular formula is C17H11ClN6O. The van der Waals surface area contributed by atoms with Gasteiger partial charge in [0.25, 0.3) is 5.91 Å². The average Bonchev–Trinajstić information content (AvgIpc) is 3.05. The van der Waals surface area contributed by atoms with E-state index in [0.717, 1.165) is 5.56 Å². The van der Waals surface area contributed by atoms with Crippen LogP contribution in [0.3, 0.4) is 0 Å². The molecule has 1 N–H and O–H groups in total. The van der Waals surface area contributed by atoms with Crippen LogP contribution in [-0.2, 0) is 0 Å². The third-order valence-corrected chi connectivity index (χ3v) is 3.85. The molecule has 1 aromatic carbocycles. The smallest absolute Gasteiger partial charge is 0.294 e. The average molecular weight is 351 g/mol. The lowest BCUT2D eigenvalue weighted by molar-refractivity contribution is 0.101. The molecule has 3 heterocycles. The molecule has 0 radical (unpaired) electrons. The van der Waals surface area contributed by atoms with Crippen molar-refractivity contribution in [2.24, 2.45) is 0 Å². The minimum atomic E-state index is -0.438. The minimum Gasteiger partial charge on any atom is -0.302 e. The van der Waals surface area contributed by atoms with Gasteiger partial charge in [-0.3, -0.25) is 4.79 Å². The van der Waals surface area contributed by atoms with Crippen molar-refractivity contribution in [3.8, 4) is 11.3 Å². The summed E-state index contributed by atoms with van der Waals surface area (Å²) in [5, 5.41) is 7.84. The van der Waals surface area contributed by atoms with Crippen LogP contribution in [0.25, 0.3) is 16.9 Å². The number of anilines is 1. The maximum atomic E-state index is 12.2. The van der Waals surface area contributed by atoms with Crippen LogP contribution in [0.4, 0.5) is 5.82 Å². The van der Waals surface area contributed by atoms with Gasteiger partial charge in [0.15, 0.2) is 11.5 Å². The first-order valence-electron chi connectivity index (χ1n) is 7.40. The zero-order valence-electron chi connectivity index (χ0n) is 12.8. The Morgan fingerprint density at radius 2 is 1.80 bits per heavy atom. The van der Waals surface area contributed by atoms with Gasteiger partial charge in [-0.1, -0.05) is 29.8 Å². The molecule has 0 atom stereocenters. The third-order valence-electron chi connectivity index (χ3n) is 3.52. The molecule has 0 aliphatic heterocycles. The van der Waals surface area contributed by atoms with E-state index in [4.69, 9.17) is 11.6 Å². The van der Waals surface area contributed by atoms with E-state index in [9.17, 15) is 4.79 Å². The molecule has 0 unspecified atom stereocenters. The van der Waals surface area contributed by atoms with Crippen molar-refractivity contribution < 1.29 is 4.79 Å². The Labute approximate surface area is 147 Å². The number of amides is 1. The van der Waals surface area contributed by atoms with Gasteiger partial charge in [-0.15, -0.1) is 0 Å². The number of fused-ring (bicyclic) bond motifs is 1. The number of halogens is 1. The monoisotopic (exact) mass is 350 g/mol. The number of rotatable bonds is 3. The SMILES string of the molecule is O=C(Nc1cnc2ccc(-c3ccccc3Cl)nn12)c1ncccn1. The molecule has 3 aromatic heterocycles. The second kappa shape index (κ2) is 6.29. The lowest BCUT2D eigenvalue weighted by atomic mass is 10.1. The normalized spacial score (nSPS) is 10.8. The molecule has 0 bridgehead atoms. The fourth-order valence-electron chi connectivity index (χ4n) is 2.36. The Kier molecular flexibility index (Phi) is 3.83. The molecule has 4 rings (SSSR count). The van der Waals surface area contributed by atoms with Crippen LogP contribution >= 0.6 is 11.6 Å². The van der Waals surface area contributed by atoms with Crippen molar-refractivity contribution >= 4 is 29.0 Å². The van der Waals surface area contributed by atoms with Crippen LogP contribution in [0.2, 0.25) is 5.02 Å². The summed E-state index contributed by atoms with van der Waals surface area (Å²) >= 11 is 6.24. The third kappa shape index (κ3) is 2.92. The van der Waals surface area contributed by atoms with Gasteiger partial charge in [0.1, 0.15) is 0 Å². The Balaban J connectivity index is 1.72. The number of hydrogen-bond donors (Lipinski definition) is 1. The van der Waals surface area contributed by atoms with Gasteiger partial charge in [-0.2, -0.15) is 9.61 Å². The molecule has 8 heteroatoms. The first-order valence-corrected chi connectivity index (χ1v) is 7.78. The highest BCUT2D eigenvalue weighted by atomic mass is 35.5. The Hall–Kier alpha value is -3.32. The highest BCUT2D eigenvalue weighted by Crippen LogP contribution is 2.26. The number of nitrogens with one attached hydrogen (secondary N) is 1. The number of aromatic nitrogens is 5. The lowest BCUT2D eigenvalue weighted by Crippen LogP contribution is -2.16. The molecule has 0 saturated heterocycles. The molecule has 4 aromatic rings. The van der Waals surface area contributed by atoms with Gasteiger partial charge in [-0.05, 0) is 24.3 Å². The van der Waals surface area contributed by atoms with Crippen molar-refractivity contribution in [2.75, 3.05) is 5.32 Å². The minimum absolute atomic E-state index is 0.0692. The Morgan fingerprint density at radius 1 is 1.00 bits per heavy atom. The van der Waals surface area contributed by atoms with Gasteiger partial charge in [-0.25, -0.2) is 15.0 Å². The van der Waals surface area contributed by atoms with E-state index >= 15 is 0 Å². The number of hydrogen-bond acceptors (Lipinski definition) is 5. The highest BCUT2D eigenvalue weighted by Gasteiger charge is 2.13. The van der Waals surface area contributed by atoms with Crippen LogP contribution in [0.5, 0.6) is 0 Å². The molecule has 0 spiro atoms. The van der Waals surface area contributed by atoms with Crippen molar-refractivity contribution in [1.82, 2.24) is 24.6 Å². The van der Waals surface area contributed by atoms with Crippen LogP contribution in [0.15, 0.2) is 61.1 Å². The molecule has 0 saturated carbocycles. The van der Waals surface area contributed by atoms with Gasteiger partial charge < -0.3 is 5.32 Å². The highest BCUT2D eigenvalue weighted by molar-refractivity contribution is 6.33.